The predicted molar refractivity (Wildman–Crippen MR) is 119 cm³/mol. The van der Waals surface area contributed by atoms with Crippen molar-refractivity contribution < 1.29 is 9.53 Å². The molecule has 4 aromatic rings. The molecule has 0 bridgehead atoms. The number of fused-ring (bicyclic) bond motifs is 1. The second-order valence-corrected chi connectivity index (χ2v) is 7.31. The number of pyridine rings is 1. The van der Waals surface area contributed by atoms with E-state index in [-0.39, 0.29) is 5.91 Å². The first-order chi connectivity index (χ1) is 14.6. The van der Waals surface area contributed by atoms with E-state index >= 15 is 0 Å². The smallest absolute Gasteiger partial charge is 0.256 e. The van der Waals surface area contributed by atoms with Crippen LogP contribution in [0.2, 0.25) is 0 Å². The van der Waals surface area contributed by atoms with Gasteiger partial charge in [-0.2, -0.15) is 0 Å². The lowest BCUT2D eigenvalue weighted by atomic mass is 10.1. The van der Waals surface area contributed by atoms with Crippen LogP contribution in [0, 0.1) is 6.92 Å². The zero-order valence-electron chi connectivity index (χ0n) is 17.2. The van der Waals surface area contributed by atoms with Crippen molar-refractivity contribution in [2.75, 3.05) is 7.11 Å². The number of ether oxygens (including phenoxy) is 1. The zero-order valence-corrected chi connectivity index (χ0v) is 17.2. The highest BCUT2D eigenvalue weighted by Gasteiger charge is 2.20. The zero-order chi connectivity index (χ0) is 20.9. The highest BCUT2D eigenvalue weighted by molar-refractivity contribution is 5.98. The fraction of sp³-hybridized carbons (Fsp3) is 0.154. The van der Waals surface area contributed by atoms with Gasteiger partial charge in [-0.05, 0) is 36.2 Å². The number of benzene rings is 3. The maximum absolute atomic E-state index is 13.6. The summed E-state index contributed by atoms with van der Waals surface area (Å²) in [6, 6.07) is 27.8. The molecule has 0 aliphatic carbocycles. The van der Waals surface area contributed by atoms with E-state index in [0.29, 0.717) is 24.3 Å². The number of rotatable bonds is 6. The minimum Gasteiger partial charge on any atom is -0.497 e. The molecule has 0 unspecified atom stereocenters. The Morgan fingerprint density at radius 3 is 2.03 bits per heavy atom. The molecule has 1 heterocycles. The molecule has 4 rings (SSSR count). The summed E-state index contributed by atoms with van der Waals surface area (Å²) in [6.45, 7) is 2.96. The third-order valence-corrected chi connectivity index (χ3v) is 5.17. The van der Waals surface area contributed by atoms with Crippen molar-refractivity contribution >= 4 is 16.8 Å². The molecule has 1 aromatic heterocycles. The molecule has 0 fully saturated rings. The average molecular weight is 396 g/mol. The van der Waals surface area contributed by atoms with E-state index in [2.05, 4.69) is 4.98 Å². The highest BCUT2D eigenvalue weighted by Crippen LogP contribution is 2.23. The fourth-order valence-electron chi connectivity index (χ4n) is 3.56. The van der Waals surface area contributed by atoms with E-state index in [1.165, 1.54) is 0 Å². The van der Waals surface area contributed by atoms with Crippen LogP contribution in [0.4, 0.5) is 0 Å². The second kappa shape index (κ2) is 8.78. The Hall–Kier alpha value is -3.66. The van der Waals surface area contributed by atoms with Crippen molar-refractivity contribution in [2.24, 2.45) is 0 Å². The molecule has 0 radical (unpaired) electrons. The Kier molecular flexibility index (Phi) is 5.75. The molecule has 0 aliphatic heterocycles. The lowest BCUT2D eigenvalue weighted by Crippen LogP contribution is -2.30. The predicted octanol–water partition coefficient (Wildman–Crippen LogP) is 5.39. The molecule has 0 spiro atoms. The van der Waals surface area contributed by atoms with Crippen LogP contribution in [-0.2, 0) is 13.1 Å². The number of nitrogens with zero attached hydrogens (tertiary/aromatic N) is 2. The van der Waals surface area contributed by atoms with E-state index in [0.717, 1.165) is 27.8 Å². The number of hydrogen-bond acceptors (Lipinski definition) is 3. The van der Waals surface area contributed by atoms with Gasteiger partial charge in [0, 0.05) is 24.5 Å². The third-order valence-electron chi connectivity index (χ3n) is 5.17. The van der Waals surface area contributed by atoms with E-state index in [1.54, 1.807) is 7.11 Å². The minimum atomic E-state index is -0.0228. The van der Waals surface area contributed by atoms with Crippen molar-refractivity contribution in [2.45, 2.75) is 20.0 Å². The van der Waals surface area contributed by atoms with Crippen LogP contribution < -0.4 is 4.74 Å². The SMILES string of the molecule is COc1ccc2cc(C(=O)N(Cc3ccccc3)Cc3ccccc3)c(C)nc2c1. The Morgan fingerprint density at radius 1 is 0.867 bits per heavy atom. The number of aryl methyl sites for hydroxylation is 1. The van der Waals surface area contributed by atoms with E-state index < -0.39 is 0 Å². The van der Waals surface area contributed by atoms with Crippen molar-refractivity contribution in [3.05, 3.63) is 107 Å². The van der Waals surface area contributed by atoms with E-state index in [9.17, 15) is 4.79 Å². The molecular formula is C26H24N2O2. The van der Waals surface area contributed by atoms with Gasteiger partial charge in [-0.25, -0.2) is 0 Å². The van der Waals surface area contributed by atoms with Gasteiger partial charge < -0.3 is 9.64 Å². The first kappa shape index (κ1) is 19.6. The lowest BCUT2D eigenvalue weighted by Gasteiger charge is -2.24. The topological polar surface area (TPSA) is 42.4 Å². The van der Waals surface area contributed by atoms with Gasteiger partial charge in [0.25, 0.3) is 5.91 Å². The summed E-state index contributed by atoms with van der Waals surface area (Å²) in [5, 5.41) is 0.920. The largest absolute Gasteiger partial charge is 0.497 e. The van der Waals surface area contributed by atoms with Gasteiger partial charge in [-0.1, -0.05) is 60.7 Å². The minimum absolute atomic E-state index is 0.0228. The third kappa shape index (κ3) is 4.33. The molecule has 0 N–H and O–H groups in total. The normalized spacial score (nSPS) is 10.7. The van der Waals surface area contributed by atoms with Crippen LogP contribution in [-0.4, -0.2) is 22.9 Å². The van der Waals surface area contributed by atoms with Gasteiger partial charge in [-0.3, -0.25) is 9.78 Å². The van der Waals surface area contributed by atoms with Crippen molar-refractivity contribution in [3.63, 3.8) is 0 Å². The quantitative estimate of drug-likeness (QED) is 0.439. The Labute approximate surface area is 176 Å². The monoisotopic (exact) mass is 396 g/mol. The molecule has 30 heavy (non-hydrogen) atoms. The van der Waals surface area contributed by atoms with Gasteiger partial charge in [-0.15, -0.1) is 0 Å². The molecule has 0 saturated carbocycles. The summed E-state index contributed by atoms with van der Waals surface area (Å²) in [5.74, 6) is 0.730. The maximum atomic E-state index is 13.6. The average Bonchev–Trinajstić information content (AvgIpc) is 2.78. The summed E-state index contributed by atoms with van der Waals surface area (Å²) in [7, 11) is 1.64. The summed E-state index contributed by atoms with van der Waals surface area (Å²) in [4.78, 5) is 20.2. The fourth-order valence-corrected chi connectivity index (χ4v) is 3.56. The molecule has 4 heteroatoms. The van der Waals surface area contributed by atoms with Gasteiger partial charge >= 0.3 is 0 Å². The van der Waals surface area contributed by atoms with Crippen molar-refractivity contribution in [1.29, 1.82) is 0 Å². The number of hydrogen-bond donors (Lipinski definition) is 0. The number of carbonyl (C=O) groups excluding carboxylic acids is 1. The van der Waals surface area contributed by atoms with Gasteiger partial charge in [0.2, 0.25) is 0 Å². The van der Waals surface area contributed by atoms with E-state index in [1.807, 2.05) is 96.8 Å². The summed E-state index contributed by atoms with van der Waals surface area (Å²) in [6.07, 6.45) is 0. The molecule has 0 saturated heterocycles. The van der Waals surface area contributed by atoms with Gasteiger partial charge in [0.05, 0.1) is 23.9 Å². The lowest BCUT2D eigenvalue weighted by molar-refractivity contribution is 0.0729. The number of methoxy groups -OCH3 is 1. The van der Waals surface area contributed by atoms with Crippen LogP contribution in [0.1, 0.15) is 27.2 Å². The standard InChI is InChI=1S/C26H24N2O2/c1-19-24(15-22-13-14-23(30-2)16-25(22)27-19)26(29)28(17-20-9-5-3-6-10-20)18-21-11-7-4-8-12-21/h3-16H,17-18H2,1-2H3. The highest BCUT2D eigenvalue weighted by atomic mass is 16.5. The van der Waals surface area contributed by atoms with Crippen LogP contribution in [0.5, 0.6) is 5.75 Å². The first-order valence-electron chi connectivity index (χ1n) is 9.96. The molecule has 4 nitrogen and oxygen atoms in total. The summed E-state index contributed by atoms with van der Waals surface area (Å²) in [5.41, 5.74) is 4.35. The van der Waals surface area contributed by atoms with Crippen LogP contribution in [0.3, 0.4) is 0 Å². The summed E-state index contributed by atoms with van der Waals surface area (Å²) >= 11 is 0. The number of carbonyl (C=O) groups is 1. The number of aromatic nitrogens is 1. The maximum Gasteiger partial charge on any atom is 0.256 e. The molecule has 1 amide bonds. The van der Waals surface area contributed by atoms with Gasteiger partial charge in [0.15, 0.2) is 0 Å². The number of amides is 1. The van der Waals surface area contributed by atoms with Crippen molar-refractivity contribution in [1.82, 2.24) is 9.88 Å². The van der Waals surface area contributed by atoms with Crippen molar-refractivity contribution in [3.8, 4) is 5.75 Å². The summed E-state index contributed by atoms with van der Waals surface area (Å²) < 4.78 is 5.30. The molecule has 3 aromatic carbocycles. The molecular weight excluding hydrogens is 372 g/mol. The Morgan fingerprint density at radius 2 is 1.47 bits per heavy atom. The molecule has 0 atom stereocenters. The Balaban J connectivity index is 1.70. The van der Waals surface area contributed by atoms with Crippen LogP contribution >= 0.6 is 0 Å². The van der Waals surface area contributed by atoms with E-state index in [4.69, 9.17) is 4.74 Å². The second-order valence-electron chi connectivity index (χ2n) is 7.31. The first-order valence-corrected chi connectivity index (χ1v) is 9.96. The molecule has 150 valence electrons. The molecule has 0 aliphatic rings. The van der Waals surface area contributed by atoms with Crippen LogP contribution in [0.15, 0.2) is 84.9 Å². The van der Waals surface area contributed by atoms with Gasteiger partial charge in [0.1, 0.15) is 5.75 Å². The Bertz CT molecular complexity index is 1120. The van der Waals surface area contributed by atoms with Crippen LogP contribution in [0.25, 0.3) is 10.9 Å².